The molecule has 0 spiro atoms. The van der Waals surface area contributed by atoms with E-state index >= 15 is 0 Å². The summed E-state index contributed by atoms with van der Waals surface area (Å²) in [5, 5.41) is 0. The molecule has 2 heterocycles. The number of rotatable bonds is 2. The van der Waals surface area contributed by atoms with Crippen LogP contribution in [0.3, 0.4) is 0 Å². The summed E-state index contributed by atoms with van der Waals surface area (Å²) in [6.45, 7) is 3.49. The Labute approximate surface area is 83.4 Å². The lowest BCUT2D eigenvalue weighted by molar-refractivity contribution is 0.377. The third-order valence-corrected chi connectivity index (χ3v) is 3.02. The van der Waals surface area contributed by atoms with E-state index in [1.165, 1.54) is 19.5 Å². The number of nitrogens with one attached hydrogen (secondary N) is 1. The van der Waals surface area contributed by atoms with Gasteiger partial charge in [0.05, 0.1) is 0 Å². The van der Waals surface area contributed by atoms with Crippen LogP contribution in [0.25, 0.3) is 0 Å². The summed E-state index contributed by atoms with van der Waals surface area (Å²) in [7, 11) is 2.18. The molecular weight excluding hydrogens is 182 g/mol. The first kappa shape index (κ1) is 8.97. The van der Waals surface area contributed by atoms with Crippen LogP contribution >= 0.6 is 12.2 Å². The van der Waals surface area contributed by atoms with Crippen molar-refractivity contribution in [3.63, 3.8) is 0 Å². The van der Waals surface area contributed by atoms with Crippen molar-refractivity contribution in [2.24, 2.45) is 5.92 Å². The fraction of sp³-hybridized carbons (Fsp3) is 0.667. The predicted octanol–water partition coefficient (Wildman–Crippen LogP) is 1.50. The van der Waals surface area contributed by atoms with Crippen LogP contribution in [0.1, 0.15) is 6.42 Å². The van der Waals surface area contributed by atoms with Crippen LogP contribution in [0, 0.1) is 10.7 Å². The number of hydrogen-bond donors (Lipinski definition) is 1. The third-order valence-electron chi connectivity index (χ3n) is 2.67. The van der Waals surface area contributed by atoms with Crippen LogP contribution in [0.5, 0.6) is 0 Å². The summed E-state index contributed by atoms with van der Waals surface area (Å²) in [5.74, 6) is 0.771. The second kappa shape index (κ2) is 3.64. The molecule has 0 aromatic carbocycles. The van der Waals surface area contributed by atoms with Gasteiger partial charge in [0.1, 0.15) is 0 Å². The highest BCUT2D eigenvalue weighted by Crippen LogP contribution is 2.16. The lowest BCUT2D eigenvalue weighted by Crippen LogP contribution is -2.16. The molecule has 1 N–H and O–H groups in total. The summed E-state index contributed by atoms with van der Waals surface area (Å²) in [5.41, 5.74) is 0. The van der Waals surface area contributed by atoms with Gasteiger partial charge in [-0.3, -0.25) is 0 Å². The van der Waals surface area contributed by atoms with E-state index in [0.29, 0.717) is 0 Å². The number of H-pyrrole nitrogens is 1. The van der Waals surface area contributed by atoms with E-state index in [1.54, 1.807) is 0 Å². The van der Waals surface area contributed by atoms with Crippen LogP contribution in [-0.2, 0) is 6.54 Å². The Morgan fingerprint density at radius 3 is 3.08 bits per heavy atom. The van der Waals surface area contributed by atoms with Crippen LogP contribution in [-0.4, -0.2) is 34.6 Å². The molecule has 2 rings (SSSR count). The van der Waals surface area contributed by atoms with Crippen LogP contribution in [0.15, 0.2) is 12.4 Å². The zero-order chi connectivity index (χ0) is 9.26. The molecule has 1 aromatic heterocycles. The molecule has 1 aliphatic heterocycles. The van der Waals surface area contributed by atoms with E-state index in [0.717, 1.165) is 17.2 Å². The Balaban J connectivity index is 1.99. The summed E-state index contributed by atoms with van der Waals surface area (Å²) in [4.78, 5) is 5.39. The summed E-state index contributed by atoms with van der Waals surface area (Å²) >= 11 is 5.14. The average Bonchev–Trinajstić information content (AvgIpc) is 2.64. The molecule has 1 unspecified atom stereocenters. The summed E-state index contributed by atoms with van der Waals surface area (Å²) < 4.78 is 2.97. The van der Waals surface area contributed by atoms with Gasteiger partial charge in [-0.25, -0.2) is 0 Å². The predicted molar refractivity (Wildman–Crippen MR) is 55.2 cm³/mol. The number of aromatic amines is 1. The zero-order valence-corrected chi connectivity index (χ0v) is 8.68. The average molecular weight is 197 g/mol. The minimum atomic E-state index is 0.771. The van der Waals surface area contributed by atoms with Crippen molar-refractivity contribution in [2.45, 2.75) is 13.0 Å². The van der Waals surface area contributed by atoms with Crippen molar-refractivity contribution in [1.29, 1.82) is 0 Å². The molecule has 1 aromatic rings. The van der Waals surface area contributed by atoms with Crippen molar-refractivity contribution in [1.82, 2.24) is 14.5 Å². The van der Waals surface area contributed by atoms with Gasteiger partial charge >= 0.3 is 0 Å². The first-order valence-electron chi connectivity index (χ1n) is 4.68. The van der Waals surface area contributed by atoms with Gasteiger partial charge in [-0.15, -0.1) is 0 Å². The molecule has 0 amide bonds. The van der Waals surface area contributed by atoms with E-state index in [1.807, 2.05) is 12.4 Å². The lowest BCUT2D eigenvalue weighted by Gasteiger charge is -2.10. The van der Waals surface area contributed by atoms with E-state index in [2.05, 4.69) is 21.5 Å². The number of hydrogen-bond acceptors (Lipinski definition) is 2. The minimum absolute atomic E-state index is 0.771. The van der Waals surface area contributed by atoms with E-state index in [-0.39, 0.29) is 0 Å². The van der Waals surface area contributed by atoms with Crippen molar-refractivity contribution in [3.05, 3.63) is 17.2 Å². The molecule has 3 nitrogen and oxygen atoms in total. The molecular formula is C9H15N3S. The van der Waals surface area contributed by atoms with Gasteiger partial charge in [0, 0.05) is 25.5 Å². The maximum atomic E-state index is 5.14. The molecule has 13 heavy (non-hydrogen) atoms. The van der Waals surface area contributed by atoms with Crippen molar-refractivity contribution in [2.75, 3.05) is 20.1 Å². The van der Waals surface area contributed by atoms with Gasteiger partial charge in [0.2, 0.25) is 0 Å². The maximum absolute atomic E-state index is 5.14. The molecule has 1 fully saturated rings. The molecule has 1 aliphatic rings. The Bertz CT molecular complexity index is 328. The molecule has 1 atom stereocenters. The van der Waals surface area contributed by atoms with E-state index in [9.17, 15) is 0 Å². The van der Waals surface area contributed by atoms with Gasteiger partial charge in [-0.2, -0.15) is 0 Å². The quantitative estimate of drug-likeness (QED) is 0.726. The molecule has 1 saturated heterocycles. The van der Waals surface area contributed by atoms with Gasteiger partial charge in [-0.05, 0) is 38.1 Å². The first-order valence-corrected chi connectivity index (χ1v) is 5.09. The third kappa shape index (κ3) is 2.00. The largest absolute Gasteiger partial charge is 0.337 e. The van der Waals surface area contributed by atoms with Crippen molar-refractivity contribution < 1.29 is 0 Å². The highest BCUT2D eigenvalue weighted by molar-refractivity contribution is 7.71. The molecule has 72 valence electrons. The van der Waals surface area contributed by atoms with Crippen LogP contribution in [0.2, 0.25) is 0 Å². The fourth-order valence-electron chi connectivity index (χ4n) is 1.95. The van der Waals surface area contributed by atoms with Crippen molar-refractivity contribution in [3.8, 4) is 0 Å². The second-order valence-corrected chi connectivity index (χ2v) is 4.22. The highest BCUT2D eigenvalue weighted by Gasteiger charge is 2.19. The first-order chi connectivity index (χ1) is 6.25. The molecule has 0 saturated carbocycles. The number of likely N-dealkylation sites (tertiary alicyclic amines) is 1. The highest BCUT2D eigenvalue weighted by atomic mass is 32.1. The van der Waals surface area contributed by atoms with E-state index < -0.39 is 0 Å². The van der Waals surface area contributed by atoms with Crippen LogP contribution < -0.4 is 0 Å². The summed E-state index contributed by atoms with van der Waals surface area (Å²) in [6.07, 6.45) is 5.23. The molecule has 4 heteroatoms. The smallest absolute Gasteiger partial charge is 0.177 e. The van der Waals surface area contributed by atoms with E-state index in [4.69, 9.17) is 12.2 Å². The standard InChI is InChI=1S/C9H15N3S/c1-11-4-2-8(6-11)7-12-5-3-10-9(12)13/h3,5,8H,2,4,6-7H2,1H3,(H,10,13). The maximum Gasteiger partial charge on any atom is 0.177 e. The normalized spacial score (nSPS) is 23.9. The van der Waals surface area contributed by atoms with Gasteiger partial charge in [0.15, 0.2) is 4.77 Å². The van der Waals surface area contributed by atoms with Gasteiger partial charge in [-0.1, -0.05) is 0 Å². The Hall–Kier alpha value is -0.610. The topological polar surface area (TPSA) is 24.0 Å². The SMILES string of the molecule is CN1CCC(Cn2cc[nH]c2=S)C1. The Morgan fingerprint density at radius 2 is 2.54 bits per heavy atom. The fourth-order valence-corrected chi connectivity index (χ4v) is 2.15. The minimum Gasteiger partial charge on any atom is -0.337 e. The summed E-state index contributed by atoms with van der Waals surface area (Å²) in [6, 6.07) is 0. The van der Waals surface area contributed by atoms with Gasteiger partial charge in [0.25, 0.3) is 0 Å². The second-order valence-electron chi connectivity index (χ2n) is 3.83. The Kier molecular flexibility index (Phi) is 2.51. The molecule has 0 bridgehead atoms. The van der Waals surface area contributed by atoms with Crippen LogP contribution in [0.4, 0.5) is 0 Å². The number of aromatic nitrogens is 2. The lowest BCUT2D eigenvalue weighted by atomic mass is 10.1. The molecule has 0 aliphatic carbocycles. The Morgan fingerprint density at radius 1 is 1.69 bits per heavy atom. The zero-order valence-electron chi connectivity index (χ0n) is 7.86. The number of nitrogens with zero attached hydrogens (tertiary/aromatic N) is 2. The van der Waals surface area contributed by atoms with Crippen molar-refractivity contribution >= 4 is 12.2 Å². The monoisotopic (exact) mass is 197 g/mol. The number of imidazole rings is 1. The van der Waals surface area contributed by atoms with Gasteiger partial charge < -0.3 is 14.5 Å². The molecule has 0 radical (unpaired) electrons.